The normalized spacial score (nSPS) is 13.5. The van der Waals surface area contributed by atoms with Gasteiger partial charge in [-0.3, -0.25) is 9.59 Å². The van der Waals surface area contributed by atoms with Crippen LogP contribution in [0.5, 0.6) is 0 Å². The summed E-state index contributed by atoms with van der Waals surface area (Å²) in [4.78, 5) is 20.1. The molecule has 0 saturated carbocycles. The fraction of sp³-hybridized carbons (Fsp3) is 0.818. The number of aliphatic carboxylic acids is 2. The predicted molar refractivity (Wildman–Crippen MR) is 65.6 cm³/mol. The maximum Gasteiger partial charge on any atom is 0.320 e. The average Bonchev–Trinajstić information content (AvgIpc) is 2.25. The molecule has 0 aliphatic carbocycles. The van der Waals surface area contributed by atoms with Gasteiger partial charge in [-0.15, -0.1) is 0 Å². The summed E-state index contributed by atoms with van der Waals surface area (Å²) >= 11 is 0. The van der Waals surface area contributed by atoms with Crippen LogP contribution in [-0.2, 0) is 9.59 Å². The zero-order valence-electron chi connectivity index (χ0n) is 10.7. The van der Waals surface area contributed by atoms with Crippen LogP contribution in [0.3, 0.4) is 0 Å². The number of unbranched alkanes of at least 4 members (excludes halogenated alkanes) is 1. The molecule has 0 aliphatic heterocycles. The lowest BCUT2D eigenvalue weighted by Gasteiger charge is -2.07. The molecule has 0 radical (unpaired) electrons. The monoisotopic (exact) mass is 248 g/mol. The lowest BCUT2D eigenvalue weighted by molar-refractivity contribution is -0.140. The van der Waals surface area contributed by atoms with Crippen LogP contribution in [0.15, 0.2) is 0 Å². The maximum atomic E-state index is 10.1. The predicted octanol–water partition coefficient (Wildman–Crippen LogP) is 0.643. The largest absolute Gasteiger partial charge is 0.480 e. The molecule has 6 N–H and O–H groups in total. The fourth-order valence-corrected chi connectivity index (χ4v) is 0.833. The lowest BCUT2D eigenvalue weighted by Crippen LogP contribution is -2.34. The van der Waals surface area contributed by atoms with E-state index in [-0.39, 0.29) is 5.92 Å². The Bertz CT molecular complexity index is 232. The smallest absolute Gasteiger partial charge is 0.320 e. The first kappa shape index (κ1) is 18.2. The van der Waals surface area contributed by atoms with E-state index in [1.165, 1.54) is 0 Å². The van der Waals surface area contributed by atoms with E-state index in [9.17, 15) is 9.59 Å². The van der Waals surface area contributed by atoms with Crippen LogP contribution in [0.4, 0.5) is 0 Å². The summed E-state index contributed by atoms with van der Waals surface area (Å²) in [5.74, 6) is -1.81. The summed E-state index contributed by atoms with van der Waals surface area (Å²) < 4.78 is 0. The van der Waals surface area contributed by atoms with E-state index < -0.39 is 24.0 Å². The van der Waals surface area contributed by atoms with Gasteiger partial charge in [-0.25, -0.2) is 0 Å². The third kappa shape index (κ3) is 11.1. The topological polar surface area (TPSA) is 127 Å². The summed E-state index contributed by atoms with van der Waals surface area (Å²) in [5, 5.41) is 16.5. The molecule has 0 amide bonds. The Morgan fingerprint density at radius 2 is 1.59 bits per heavy atom. The summed E-state index contributed by atoms with van der Waals surface area (Å²) in [6, 6.07) is -1.38. The number of carboxylic acids is 2. The van der Waals surface area contributed by atoms with E-state index in [0.717, 1.165) is 12.8 Å². The minimum absolute atomic E-state index is 0.0208. The molecule has 102 valence electrons. The van der Waals surface area contributed by atoms with Gasteiger partial charge in [-0.05, 0) is 12.3 Å². The number of rotatable bonds is 6. The second-order valence-corrected chi connectivity index (χ2v) is 4.19. The number of hydrogen-bond acceptors (Lipinski definition) is 4. The van der Waals surface area contributed by atoms with Crippen molar-refractivity contribution in [3.63, 3.8) is 0 Å². The van der Waals surface area contributed by atoms with E-state index in [0.29, 0.717) is 6.42 Å². The number of carboxylic acid groups (broad SMARTS) is 2. The minimum atomic E-state index is -0.931. The van der Waals surface area contributed by atoms with Gasteiger partial charge in [0.05, 0.1) is 0 Å². The Balaban J connectivity index is 0. The first-order valence-electron chi connectivity index (χ1n) is 5.70. The number of nitrogens with two attached hydrogens (primary N) is 2. The molecule has 0 aliphatic rings. The van der Waals surface area contributed by atoms with Gasteiger partial charge in [0.2, 0.25) is 0 Å². The number of carbonyl (C=O) groups is 2. The summed E-state index contributed by atoms with van der Waals surface area (Å²) in [7, 11) is 0. The van der Waals surface area contributed by atoms with Crippen molar-refractivity contribution in [2.75, 3.05) is 0 Å². The lowest BCUT2D eigenvalue weighted by atomic mass is 10.1. The zero-order valence-corrected chi connectivity index (χ0v) is 10.7. The summed E-state index contributed by atoms with van der Waals surface area (Å²) in [6.07, 6.45) is 2.49. The van der Waals surface area contributed by atoms with E-state index >= 15 is 0 Å². The van der Waals surface area contributed by atoms with Gasteiger partial charge in [-0.2, -0.15) is 0 Å². The minimum Gasteiger partial charge on any atom is -0.480 e. The molecule has 17 heavy (non-hydrogen) atoms. The van der Waals surface area contributed by atoms with Crippen LogP contribution >= 0.6 is 0 Å². The molecule has 0 spiro atoms. The summed E-state index contributed by atoms with van der Waals surface area (Å²) in [5.41, 5.74) is 10.4. The van der Waals surface area contributed by atoms with Crippen molar-refractivity contribution in [2.45, 2.75) is 52.1 Å². The van der Waals surface area contributed by atoms with Crippen LogP contribution in [-0.4, -0.2) is 34.2 Å². The van der Waals surface area contributed by atoms with Crippen molar-refractivity contribution >= 4 is 11.9 Å². The van der Waals surface area contributed by atoms with Crippen LogP contribution in [0.25, 0.3) is 0 Å². The van der Waals surface area contributed by atoms with Gasteiger partial charge in [0, 0.05) is 0 Å². The van der Waals surface area contributed by atoms with Crippen molar-refractivity contribution in [1.29, 1.82) is 0 Å². The van der Waals surface area contributed by atoms with Crippen molar-refractivity contribution in [3.8, 4) is 0 Å². The van der Waals surface area contributed by atoms with E-state index in [1.54, 1.807) is 13.8 Å². The molecule has 0 aromatic heterocycles. The molecule has 0 unspecified atom stereocenters. The molecule has 0 saturated heterocycles. The van der Waals surface area contributed by atoms with Crippen LogP contribution in [0.1, 0.15) is 40.0 Å². The molecule has 0 heterocycles. The van der Waals surface area contributed by atoms with Gasteiger partial charge in [0.1, 0.15) is 12.1 Å². The third-order valence-electron chi connectivity index (χ3n) is 2.19. The second kappa shape index (κ2) is 10.0. The molecular weight excluding hydrogens is 224 g/mol. The quantitative estimate of drug-likeness (QED) is 0.546. The molecule has 6 nitrogen and oxygen atoms in total. The first-order chi connectivity index (χ1) is 7.73. The summed E-state index contributed by atoms with van der Waals surface area (Å²) in [6.45, 7) is 5.56. The molecule has 0 bridgehead atoms. The molecule has 0 fully saturated rings. The van der Waals surface area contributed by atoms with Crippen molar-refractivity contribution in [2.24, 2.45) is 17.4 Å². The Hall–Kier alpha value is -1.14. The highest BCUT2D eigenvalue weighted by Gasteiger charge is 2.14. The average molecular weight is 248 g/mol. The Morgan fingerprint density at radius 3 is 1.76 bits per heavy atom. The van der Waals surface area contributed by atoms with E-state index in [4.69, 9.17) is 21.7 Å². The Morgan fingerprint density at radius 1 is 1.12 bits per heavy atom. The van der Waals surface area contributed by atoms with Gasteiger partial charge in [0.15, 0.2) is 0 Å². The molecule has 6 heteroatoms. The highest BCUT2D eigenvalue weighted by Crippen LogP contribution is 1.97. The molecule has 0 aromatic rings. The molecular formula is C11H24N2O4. The van der Waals surface area contributed by atoms with Crippen molar-refractivity contribution in [1.82, 2.24) is 0 Å². The van der Waals surface area contributed by atoms with E-state index in [2.05, 4.69) is 0 Å². The first-order valence-corrected chi connectivity index (χ1v) is 5.70. The molecule has 2 atom stereocenters. The second-order valence-electron chi connectivity index (χ2n) is 4.19. The van der Waals surface area contributed by atoms with Gasteiger partial charge >= 0.3 is 11.9 Å². The van der Waals surface area contributed by atoms with Crippen LogP contribution in [0, 0.1) is 5.92 Å². The Kier molecular flexibility index (Phi) is 10.8. The van der Waals surface area contributed by atoms with E-state index in [1.807, 2.05) is 6.92 Å². The highest BCUT2D eigenvalue weighted by atomic mass is 16.4. The van der Waals surface area contributed by atoms with Crippen molar-refractivity contribution < 1.29 is 19.8 Å². The van der Waals surface area contributed by atoms with Crippen LogP contribution in [0.2, 0.25) is 0 Å². The fourth-order valence-electron chi connectivity index (χ4n) is 0.833. The van der Waals surface area contributed by atoms with Gasteiger partial charge in [0.25, 0.3) is 0 Å². The highest BCUT2D eigenvalue weighted by molar-refractivity contribution is 5.73. The SMILES string of the molecule is CC(C)[C@H](N)C(=O)O.CCCC[C@H](N)C(=O)O. The van der Waals surface area contributed by atoms with Gasteiger partial charge < -0.3 is 21.7 Å². The van der Waals surface area contributed by atoms with Gasteiger partial charge in [-0.1, -0.05) is 33.6 Å². The number of hydrogen-bond donors (Lipinski definition) is 4. The standard InChI is InChI=1S/C6H13NO2.C5H11NO2/c1-2-3-4-5(7)6(8)9;1-3(2)4(6)5(7)8/h5H,2-4,7H2,1H3,(H,8,9);3-4H,6H2,1-2H3,(H,7,8)/t5-;4-/m00/s1. The van der Waals surface area contributed by atoms with Crippen molar-refractivity contribution in [3.05, 3.63) is 0 Å². The molecule has 0 rings (SSSR count). The van der Waals surface area contributed by atoms with Crippen LogP contribution < -0.4 is 11.5 Å². The maximum absolute atomic E-state index is 10.1. The molecule has 0 aromatic carbocycles. The zero-order chi connectivity index (χ0) is 14.0. The Labute approximate surface area is 102 Å². The third-order valence-corrected chi connectivity index (χ3v) is 2.19.